The van der Waals surface area contributed by atoms with Gasteiger partial charge in [0.05, 0.1) is 31.4 Å². The molecule has 0 spiro atoms. The normalized spacial score (nSPS) is 27.1. The number of hydrogen-bond acceptors (Lipinski definition) is 24. The highest BCUT2D eigenvalue weighted by Gasteiger charge is 2.55. The quantitative estimate of drug-likeness (QED) is 0.0161. The number of nitrogens with two attached hydrogens (primary N) is 4. The van der Waals surface area contributed by atoms with Crippen molar-refractivity contribution in [1.29, 1.82) is 0 Å². The van der Waals surface area contributed by atoms with Crippen molar-refractivity contribution in [3.05, 3.63) is 24.3 Å². The first-order chi connectivity index (χ1) is 53.8. The number of amides is 2. The van der Waals surface area contributed by atoms with Crippen molar-refractivity contribution in [3.8, 4) is 0 Å². The maximum atomic E-state index is 13.8. The number of aliphatic carboxylic acids is 4. The van der Waals surface area contributed by atoms with Crippen molar-refractivity contribution < 1.29 is 171 Å². The number of allylic oxidation sites excluding steroid dienone is 4. The number of nitrogens with one attached hydrogen (secondary N) is 1. The van der Waals surface area contributed by atoms with E-state index in [0.717, 1.165) is 51.4 Å². The molecule has 21 N–H and O–H groups in total. The van der Waals surface area contributed by atoms with Crippen LogP contribution >= 0.6 is 0 Å². The molecule has 0 bridgehead atoms. The number of nitrogens with zero attached hydrogens (tertiary/aromatic N) is 1. The van der Waals surface area contributed by atoms with Gasteiger partial charge in [-0.05, 0) is 70.6 Å². The molecule has 3 saturated heterocycles. The minimum atomic E-state index is -5.08. The van der Waals surface area contributed by atoms with Gasteiger partial charge in [-0.15, -0.1) is 0 Å². The summed E-state index contributed by atoms with van der Waals surface area (Å²) in [6.07, 6.45) is 3.31. The van der Waals surface area contributed by atoms with E-state index in [2.05, 4.69) is 43.5 Å². The Hall–Kier alpha value is -5.26. The average molecular weight is 1700 g/mol. The SMILES string of the molecule is CCCCCCCCC/C=C/CCCCCCCCN(CCCCCCCC/C=C/CCCCCCCCC)C(=O)CCC(=O)NCC1O[C@H](O[C@@H]2C(CO)O[C@@H](O[C@@H]3[C@@H](O)[C@H](N)C[C@H](N)[C@H]3O[C@H]3O[C@H](CO)[C@@H](O)[C@H](O)[C@H]3N)[C@@H]2O)[C@H](N)[C@@H](O)[C@@H]1O.O=C(O)C(F)(F)F.O=C(O)C(F)(F)F.O=C(O)C(F)(F)F.O=C(O)C(F)(F)F. The number of carboxylic acid groups (broad SMARTS) is 4. The number of carbonyl (C=O) groups is 6. The highest BCUT2D eigenvalue weighted by molar-refractivity contribution is 5.83. The highest BCUT2D eigenvalue weighted by atomic mass is 19.4. The van der Waals surface area contributed by atoms with E-state index in [1.54, 1.807) is 0 Å². The van der Waals surface area contributed by atoms with Gasteiger partial charge in [0, 0.05) is 44.6 Å². The van der Waals surface area contributed by atoms with Gasteiger partial charge >= 0.3 is 48.6 Å². The molecule has 30 nitrogen and oxygen atoms in total. The highest BCUT2D eigenvalue weighted by Crippen LogP contribution is 2.35. The van der Waals surface area contributed by atoms with Crippen LogP contribution in [0.5, 0.6) is 0 Å². The molecule has 115 heavy (non-hydrogen) atoms. The Morgan fingerprint density at radius 2 is 0.696 bits per heavy atom. The zero-order valence-electron chi connectivity index (χ0n) is 65.2. The number of carbonyl (C=O) groups excluding carboxylic acids is 2. The standard InChI is InChI=1S/C65H122N6O16.4C2HF3O2/c1-3-5-7-9-11-13-15-17-19-21-23-25-27-29-31-33-35-39-71(40-36-34-32-30-28-26-24-22-20-18-16-14-12-10-8-6-4-2)51(75)38-37-50(74)70-42-47-55(77)57(79)52(68)63(82-47)86-61-49(44-73)84-65(59(61)81)87-62-54(76)45(66)41-46(67)60(62)85-64-53(69)58(80)56(78)48(43-72)83-64;4*3-2(4,5)1(6)7/h19-22,45-49,52-65,72-73,76-81H,3-18,23-44,66-69H2,1-2H3,(H,70,74);4*(H,6,7)/b21-19+,22-20+;;;;/t45-,46+,47?,48-,49?,52-,53-,54+,55-,56-,57-,58-,59-,60-,61-,62-,63-,64-,65+;;;;/m1..../s1. The third kappa shape index (κ3) is 46.8. The fraction of sp³-hybridized carbons (Fsp3) is 0.863. The number of halogens is 12. The fourth-order valence-electron chi connectivity index (χ4n) is 12.2. The Labute approximate surface area is 661 Å². The number of alkyl halides is 12. The minimum Gasteiger partial charge on any atom is -0.475 e. The van der Waals surface area contributed by atoms with E-state index >= 15 is 0 Å². The second-order valence-electron chi connectivity index (χ2n) is 28.4. The molecule has 676 valence electrons. The van der Waals surface area contributed by atoms with Gasteiger partial charge < -0.3 is 123 Å². The Morgan fingerprint density at radius 1 is 0.391 bits per heavy atom. The lowest BCUT2D eigenvalue weighted by Crippen LogP contribution is -2.68. The first-order valence-corrected chi connectivity index (χ1v) is 39.2. The van der Waals surface area contributed by atoms with Gasteiger partial charge in [-0.2, -0.15) is 52.7 Å². The summed E-state index contributed by atoms with van der Waals surface area (Å²) in [5.74, 6) is -11.6. The summed E-state index contributed by atoms with van der Waals surface area (Å²) < 4.78 is 163. The van der Waals surface area contributed by atoms with Crippen LogP contribution < -0.4 is 28.3 Å². The van der Waals surface area contributed by atoms with Crippen LogP contribution in [-0.2, 0) is 57.2 Å². The summed E-state index contributed by atoms with van der Waals surface area (Å²) in [7, 11) is 0. The number of carboxylic acids is 4. The summed E-state index contributed by atoms with van der Waals surface area (Å²) in [5.41, 5.74) is 25.1. The Balaban J connectivity index is 0.00000392. The molecule has 0 aromatic carbocycles. The number of rotatable bonds is 47. The number of unbranched alkanes of at least 4 members (excludes halogenated alkanes) is 26. The van der Waals surface area contributed by atoms with E-state index in [4.69, 9.17) is 91.0 Å². The molecule has 0 aromatic heterocycles. The maximum absolute atomic E-state index is 13.8. The third-order valence-electron chi connectivity index (χ3n) is 18.9. The van der Waals surface area contributed by atoms with Crippen LogP contribution in [0.2, 0.25) is 0 Å². The van der Waals surface area contributed by atoms with Crippen molar-refractivity contribution in [2.24, 2.45) is 22.9 Å². The fourth-order valence-corrected chi connectivity index (χ4v) is 12.2. The number of hydrogen-bond donors (Lipinski definition) is 17. The molecule has 2 amide bonds. The van der Waals surface area contributed by atoms with Crippen molar-refractivity contribution in [2.75, 3.05) is 32.8 Å². The average Bonchev–Trinajstić information content (AvgIpc) is 1.45. The molecule has 3 aliphatic heterocycles. The van der Waals surface area contributed by atoms with Crippen molar-refractivity contribution in [2.45, 2.75) is 367 Å². The van der Waals surface area contributed by atoms with Gasteiger partial charge in [-0.25, -0.2) is 19.2 Å². The second-order valence-corrected chi connectivity index (χ2v) is 28.4. The van der Waals surface area contributed by atoms with E-state index < -0.39 is 184 Å². The lowest BCUT2D eigenvalue weighted by atomic mass is 9.84. The van der Waals surface area contributed by atoms with Gasteiger partial charge in [0.1, 0.15) is 67.1 Å². The van der Waals surface area contributed by atoms with Crippen molar-refractivity contribution in [1.82, 2.24) is 10.2 Å². The molecule has 0 aromatic rings. The predicted molar refractivity (Wildman–Crippen MR) is 389 cm³/mol. The van der Waals surface area contributed by atoms with Crippen LogP contribution in [0.3, 0.4) is 0 Å². The smallest absolute Gasteiger partial charge is 0.475 e. The molecular formula is C73H126F12N6O24. The number of aliphatic hydroxyl groups excluding tert-OH is 8. The molecule has 1 saturated carbocycles. The summed E-state index contributed by atoms with van der Waals surface area (Å²) in [6.45, 7) is 4.08. The molecule has 42 heteroatoms. The molecule has 4 fully saturated rings. The van der Waals surface area contributed by atoms with E-state index in [1.807, 2.05) is 4.90 Å². The largest absolute Gasteiger partial charge is 0.490 e. The van der Waals surface area contributed by atoms with Crippen molar-refractivity contribution >= 4 is 35.7 Å². The van der Waals surface area contributed by atoms with Gasteiger partial charge in [-0.3, -0.25) is 9.59 Å². The molecule has 0 radical (unpaired) electrons. The topological polar surface area (TPSA) is 520 Å². The number of ether oxygens (including phenoxy) is 6. The van der Waals surface area contributed by atoms with Crippen LogP contribution in [0.1, 0.15) is 226 Å². The molecule has 4 aliphatic rings. The predicted octanol–water partition coefficient (Wildman–Crippen LogP) is 7.29. The van der Waals surface area contributed by atoms with Gasteiger partial charge in [-0.1, -0.05) is 167 Å². The molecular weight excluding hydrogens is 1570 g/mol. The van der Waals surface area contributed by atoms with Crippen LogP contribution in [-0.4, -0.2) is 276 Å². The molecule has 4 rings (SSSR count). The first-order valence-electron chi connectivity index (χ1n) is 39.2. The van der Waals surface area contributed by atoms with Crippen LogP contribution in [0.4, 0.5) is 52.7 Å². The second kappa shape index (κ2) is 59.4. The Bertz CT molecular complexity index is 2560. The molecule has 3 heterocycles. The van der Waals surface area contributed by atoms with Gasteiger partial charge in [0.25, 0.3) is 0 Å². The zero-order valence-corrected chi connectivity index (χ0v) is 65.2. The van der Waals surface area contributed by atoms with E-state index in [0.29, 0.717) is 13.1 Å². The summed E-state index contributed by atoms with van der Waals surface area (Å²) in [4.78, 5) is 64.6. The number of aliphatic hydroxyl groups is 8. The van der Waals surface area contributed by atoms with Crippen LogP contribution in [0.25, 0.3) is 0 Å². The van der Waals surface area contributed by atoms with E-state index in [1.165, 1.54) is 141 Å². The van der Waals surface area contributed by atoms with E-state index in [9.17, 15) is 103 Å². The summed E-state index contributed by atoms with van der Waals surface area (Å²) in [5, 5.41) is 117. The van der Waals surface area contributed by atoms with Crippen molar-refractivity contribution in [3.63, 3.8) is 0 Å². The molecule has 19 atom stereocenters. The lowest BCUT2D eigenvalue weighted by molar-refractivity contribution is -0.310. The monoisotopic (exact) mass is 1700 g/mol. The minimum absolute atomic E-state index is 0.00851. The Morgan fingerprint density at radius 3 is 1.04 bits per heavy atom. The molecule has 1 aliphatic carbocycles. The van der Waals surface area contributed by atoms with Crippen LogP contribution in [0.15, 0.2) is 24.3 Å². The summed E-state index contributed by atoms with van der Waals surface area (Å²) in [6, 6.07) is -4.59. The summed E-state index contributed by atoms with van der Waals surface area (Å²) >= 11 is 0. The van der Waals surface area contributed by atoms with Gasteiger partial charge in [0.15, 0.2) is 18.9 Å². The third-order valence-corrected chi connectivity index (χ3v) is 18.9. The molecule has 2 unspecified atom stereocenters. The van der Waals surface area contributed by atoms with Crippen LogP contribution in [0, 0.1) is 0 Å². The maximum Gasteiger partial charge on any atom is 0.490 e. The van der Waals surface area contributed by atoms with E-state index in [-0.39, 0.29) is 31.7 Å². The van der Waals surface area contributed by atoms with Gasteiger partial charge in [0.2, 0.25) is 11.8 Å². The Kier molecular flexibility index (Phi) is 56.7. The first kappa shape index (κ1) is 110. The lowest BCUT2D eigenvalue weighted by Gasteiger charge is -2.47. The zero-order chi connectivity index (χ0) is 87.7.